The summed E-state index contributed by atoms with van der Waals surface area (Å²) >= 11 is 0. The summed E-state index contributed by atoms with van der Waals surface area (Å²) in [6, 6.07) is 5.63. The van der Waals surface area contributed by atoms with E-state index in [1.807, 2.05) is 32.0 Å². The van der Waals surface area contributed by atoms with Gasteiger partial charge in [0.2, 0.25) is 5.91 Å². The van der Waals surface area contributed by atoms with Crippen molar-refractivity contribution in [2.45, 2.75) is 13.8 Å². The average molecular weight is 219 g/mol. The molecule has 4 nitrogen and oxygen atoms in total. The number of nitrogens with one attached hydrogen (secondary N) is 1. The van der Waals surface area contributed by atoms with Crippen LogP contribution in [-0.4, -0.2) is 30.5 Å². The van der Waals surface area contributed by atoms with Gasteiger partial charge in [0.15, 0.2) is 0 Å². The Morgan fingerprint density at radius 1 is 1.44 bits per heavy atom. The molecule has 2 heterocycles. The molecule has 0 saturated carbocycles. The molecule has 1 saturated heterocycles. The molecule has 0 atom stereocenters. The first-order valence-corrected chi connectivity index (χ1v) is 5.55. The van der Waals surface area contributed by atoms with Gasteiger partial charge < -0.3 is 5.32 Å². The average Bonchev–Trinajstić information content (AvgIpc) is 2.41. The molecule has 1 aromatic rings. The van der Waals surface area contributed by atoms with Gasteiger partial charge in [-0.05, 0) is 26.0 Å². The Bertz CT molecular complexity index is 375. The lowest BCUT2D eigenvalue weighted by molar-refractivity contribution is -0.125. The Hall–Kier alpha value is -1.42. The van der Waals surface area contributed by atoms with E-state index in [1.54, 1.807) is 11.1 Å². The van der Waals surface area contributed by atoms with Gasteiger partial charge in [0.25, 0.3) is 0 Å². The lowest BCUT2D eigenvalue weighted by Gasteiger charge is -2.27. The number of anilines is 1. The fraction of sp³-hybridized carbons (Fsp3) is 0.500. The van der Waals surface area contributed by atoms with E-state index < -0.39 is 0 Å². The van der Waals surface area contributed by atoms with Crippen LogP contribution >= 0.6 is 0 Å². The van der Waals surface area contributed by atoms with Crippen molar-refractivity contribution >= 4 is 11.7 Å². The largest absolute Gasteiger partial charge is 0.314 e. The zero-order valence-corrected chi connectivity index (χ0v) is 9.73. The van der Waals surface area contributed by atoms with Crippen LogP contribution in [0, 0.1) is 5.41 Å². The topological polar surface area (TPSA) is 45.2 Å². The van der Waals surface area contributed by atoms with Crippen molar-refractivity contribution in [1.29, 1.82) is 0 Å². The Morgan fingerprint density at radius 2 is 2.25 bits per heavy atom. The van der Waals surface area contributed by atoms with Crippen molar-refractivity contribution in [3.8, 4) is 0 Å². The maximum absolute atomic E-state index is 12.3. The number of pyridine rings is 1. The van der Waals surface area contributed by atoms with Crippen LogP contribution < -0.4 is 10.2 Å². The number of rotatable bonds is 1. The standard InChI is InChI=1S/C12H17N3O/c1-12(2)9-13-7-8-15(11(12)16)10-5-3-4-6-14-10/h3-6,13H,7-9H2,1-2H3. The van der Waals surface area contributed by atoms with Crippen LogP contribution in [0.4, 0.5) is 5.82 Å². The molecule has 1 aromatic heterocycles. The first-order chi connectivity index (χ1) is 7.61. The molecular formula is C12H17N3O. The zero-order valence-electron chi connectivity index (χ0n) is 9.73. The monoisotopic (exact) mass is 219 g/mol. The lowest BCUT2D eigenvalue weighted by atomic mass is 9.92. The van der Waals surface area contributed by atoms with Crippen LogP contribution in [-0.2, 0) is 4.79 Å². The van der Waals surface area contributed by atoms with E-state index in [-0.39, 0.29) is 11.3 Å². The molecule has 86 valence electrons. The molecule has 0 radical (unpaired) electrons. The van der Waals surface area contributed by atoms with Gasteiger partial charge in [0.1, 0.15) is 5.82 Å². The van der Waals surface area contributed by atoms with E-state index in [9.17, 15) is 4.79 Å². The van der Waals surface area contributed by atoms with E-state index >= 15 is 0 Å². The van der Waals surface area contributed by atoms with Gasteiger partial charge in [-0.3, -0.25) is 9.69 Å². The van der Waals surface area contributed by atoms with Gasteiger partial charge in [-0.1, -0.05) is 6.07 Å². The van der Waals surface area contributed by atoms with E-state index in [0.29, 0.717) is 6.54 Å². The summed E-state index contributed by atoms with van der Waals surface area (Å²) in [6.45, 7) is 6.13. The summed E-state index contributed by atoms with van der Waals surface area (Å²) in [5.41, 5.74) is -0.367. The number of carbonyl (C=O) groups excluding carboxylic acids is 1. The van der Waals surface area contributed by atoms with E-state index in [4.69, 9.17) is 0 Å². The molecule has 1 amide bonds. The van der Waals surface area contributed by atoms with Crippen LogP contribution in [0.3, 0.4) is 0 Å². The van der Waals surface area contributed by atoms with Gasteiger partial charge in [-0.2, -0.15) is 0 Å². The molecule has 0 unspecified atom stereocenters. The Kier molecular flexibility index (Phi) is 2.92. The molecule has 2 rings (SSSR count). The summed E-state index contributed by atoms with van der Waals surface area (Å²) in [7, 11) is 0. The maximum Gasteiger partial charge on any atom is 0.235 e. The molecule has 1 aliphatic heterocycles. The summed E-state index contributed by atoms with van der Waals surface area (Å²) in [5, 5.41) is 3.28. The van der Waals surface area contributed by atoms with Crippen molar-refractivity contribution in [3.05, 3.63) is 24.4 Å². The highest BCUT2D eigenvalue weighted by Crippen LogP contribution is 2.23. The Labute approximate surface area is 95.7 Å². The van der Waals surface area contributed by atoms with Crippen molar-refractivity contribution < 1.29 is 4.79 Å². The van der Waals surface area contributed by atoms with Crippen LogP contribution in [0.2, 0.25) is 0 Å². The zero-order chi connectivity index (χ0) is 11.6. The predicted octanol–water partition coefficient (Wildman–Crippen LogP) is 1.04. The fourth-order valence-electron chi connectivity index (χ4n) is 1.87. The Morgan fingerprint density at radius 3 is 2.94 bits per heavy atom. The lowest BCUT2D eigenvalue weighted by Crippen LogP contribution is -2.42. The minimum Gasteiger partial charge on any atom is -0.314 e. The third-order valence-corrected chi connectivity index (χ3v) is 2.83. The second-order valence-electron chi connectivity index (χ2n) is 4.71. The molecule has 4 heteroatoms. The first kappa shape index (κ1) is 11.1. The van der Waals surface area contributed by atoms with E-state index in [0.717, 1.165) is 18.9 Å². The van der Waals surface area contributed by atoms with Gasteiger partial charge in [0.05, 0.1) is 5.41 Å². The number of carbonyl (C=O) groups is 1. The summed E-state index contributed by atoms with van der Waals surface area (Å²) < 4.78 is 0. The molecule has 0 aromatic carbocycles. The minimum absolute atomic E-state index is 0.135. The normalized spacial score (nSPS) is 20.6. The molecule has 0 aliphatic carbocycles. The van der Waals surface area contributed by atoms with E-state index in [1.165, 1.54) is 0 Å². The van der Waals surface area contributed by atoms with Gasteiger partial charge >= 0.3 is 0 Å². The SMILES string of the molecule is CC1(C)CNCCN(c2ccccn2)C1=O. The fourth-order valence-corrected chi connectivity index (χ4v) is 1.87. The molecule has 0 bridgehead atoms. The first-order valence-electron chi connectivity index (χ1n) is 5.55. The van der Waals surface area contributed by atoms with Crippen molar-refractivity contribution in [2.75, 3.05) is 24.5 Å². The van der Waals surface area contributed by atoms with Crippen molar-refractivity contribution in [1.82, 2.24) is 10.3 Å². The summed E-state index contributed by atoms with van der Waals surface area (Å²) in [6.07, 6.45) is 1.72. The number of hydrogen-bond donors (Lipinski definition) is 1. The minimum atomic E-state index is -0.367. The van der Waals surface area contributed by atoms with Crippen LogP contribution in [0.25, 0.3) is 0 Å². The maximum atomic E-state index is 12.3. The summed E-state index contributed by atoms with van der Waals surface area (Å²) in [5.74, 6) is 0.875. The van der Waals surface area contributed by atoms with Gasteiger partial charge in [-0.15, -0.1) is 0 Å². The number of hydrogen-bond acceptors (Lipinski definition) is 3. The smallest absolute Gasteiger partial charge is 0.235 e. The highest BCUT2D eigenvalue weighted by molar-refractivity contribution is 5.96. The van der Waals surface area contributed by atoms with E-state index in [2.05, 4.69) is 10.3 Å². The van der Waals surface area contributed by atoms with Crippen molar-refractivity contribution in [2.24, 2.45) is 5.41 Å². The quantitative estimate of drug-likeness (QED) is 0.767. The Balaban J connectivity index is 2.30. The second kappa shape index (κ2) is 4.22. The molecule has 0 spiro atoms. The molecular weight excluding hydrogens is 202 g/mol. The highest BCUT2D eigenvalue weighted by atomic mass is 16.2. The summed E-state index contributed by atoms with van der Waals surface area (Å²) in [4.78, 5) is 18.3. The second-order valence-corrected chi connectivity index (χ2v) is 4.71. The molecule has 16 heavy (non-hydrogen) atoms. The molecule has 1 fully saturated rings. The number of nitrogens with zero attached hydrogens (tertiary/aromatic N) is 2. The van der Waals surface area contributed by atoms with Crippen LogP contribution in [0.15, 0.2) is 24.4 Å². The third-order valence-electron chi connectivity index (χ3n) is 2.83. The van der Waals surface area contributed by atoms with Crippen LogP contribution in [0.5, 0.6) is 0 Å². The van der Waals surface area contributed by atoms with Crippen molar-refractivity contribution in [3.63, 3.8) is 0 Å². The molecule has 1 aliphatic rings. The third kappa shape index (κ3) is 2.07. The molecule has 1 N–H and O–H groups in total. The van der Waals surface area contributed by atoms with Gasteiger partial charge in [0, 0.05) is 25.8 Å². The highest BCUT2D eigenvalue weighted by Gasteiger charge is 2.34. The number of aromatic nitrogens is 1. The van der Waals surface area contributed by atoms with Gasteiger partial charge in [-0.25, -0.2) is 4.98 Å². The van der Waals surface area contributed by atoms with Crippen LogP contribution in [0.1, 0.15) is 13.8 Å². The number of amides is 1. The predicted molar refractivity (Wildman–Crippen MR) is 63.2 cm³/mol.